The fourth-order valence-electron chi connectivity index (χ4n) is 3.66. The molecule has 0 atom stereocenters. The third-order valence-corrected chi connectivity index (χ3v) is 4.96. The molecule has 0 saturated heterocycles. The fraction of sp³-hybridized carbons (Fsp3) is 0.263. The molecule has 2 aromatic carbocycles. The van der Waals surface area contributed by atoms with Gasteiger partial charge in [0.05, 0.1) is 16.6 Å². The van der Waals surface area contributed by atoms with Crippen molar-refractivity contribution < 1.29 is 19.1 Å². The highest BCUT2D eigenvalue weighted by atomic mass is 16.7. The molecular weight excluding hydrogens is 334 g/mol. The molecule has 0 saturated carbocycles. The number of H-pyrrole nitrogens is 1. The summed E-state index contributed by atoms with van der Waals surface area (Å²) < 4.78 is 10.9. The van der Waals surface area contributed by atoms with Crippen molar-refractivity contribution in [3.63, 3.8) is 0 Å². The van der Waals surface area contributed by atoms with Gasteiger partial charge in [0, 0.05) is 35.4 Å². The van der Waals surface area contributed by atoms with Gasteiger partial charge in [-0.2, -0.15) is 0 Å². The lowest BCUT2D eigenvalue weighted by atomic mass is 10.0. The Morgan fingerprint density at radius 1 is 1.08 bits per heavy atom. The fourth-order valence-corrected chi connectivity index (χ4v) is 3.66. The predicted molar refractivity (Wildman–Crippen MR) is 95.8 cm³/mol. The Balaban J connectivity index is 1.72. The molecule has 0 aliphatic carbocycles. The Morgan fingerprint density at radius 3 is 2.62 bits per heavy atom. The number of nitrogens with one attached hydrogen (secondary N) is 1. The van der Waals surface area contributed by atoms with Gasteiger partial charge in [0.15, 0.2) is 11.5 Å². The van der Waals surface area contributed by atoms with Gasteiger partial charge in [-0.05, 0) is 32.3 Å². The molecule has 2 aliphatic rings. The first kappa shape index (κ1) is 15.2. The van der Waals surface area contributed by atoms with Gasteiger partial charge >= 0.3 is 0 Å². The van der Waals surface area contributed by atoms with Crippen LogP contribution in [0.15, 0.2) is 24.3 Å². The van der Waals surface area contributed by atoms with Crippen LogP contribution in [0.25, 0.3) is 21.8 Å². The van der Waals surface area contributed by atoms with Crippen LogP contribution in [-0.2, 0) is 0 Å². The van der Waals surface area contributed by atoms with Gasteiger partial charge < -0.3 is 19.4 Å². The summed E-state index contributed by atoms with van der Waals surface area (Å²) in [7, 11) is 3.83. The number of carbonyl (C=O) groups excluding carboxylic acids is 2. The van der Waals surface area contributed by atoms with Crippen molar-refractivity contribution in [3.05, 3.63) is 35.4 Å². The summed E-state index contributed by atoms with van der Waals surface area (Å²) in [5, 5.41) is 1.62. The molecule has 7 heteroatoms. The smallest absolute Gasteiger partial charge is 0.262 e. The first-order valence-corrected chi connectivity index (χ1v) is 8.43. The maximum absolute atomic E-state index is 13.0. The second-order valence-electron chi connectivity index (χ2n) is 6.85. The Kier molecular flexibility index (Phi) is 3.05. The highest BCUT2D eigenvalue weighted by molar-refractivity contribution is 6.30. The van der Waals surface area contributed by atoms with Crippen molar-refractivity contribution in [1.82, 2.24) is 14.8 Å². The molecule has 0 bridgehead atoms. The highest BCUT2D eigenvalue weighted by Gasteiger charge is 2.37. The van der Waals surface area contributed by atoms with E-state index in [-0.39, 0.29) is 18.6 Å². The topological polar surface area (TPSA) is 74.9 Å². The van der Waals surface area contributed by atoms with E-state index in [0.717, 1.165) is 21.8 Å². The second-order valence-corrected chi connectivity index (χ2v) is 6.85. The number of ether oxygens (including phenoxy) is 2. The average molecular weight is 351 g/mol. The minimum Gasteiger partial charge on any atom is -0.454 e. The minimum atomic E-state index is -0.240. The number of fused-ring (bicyclic) bond motifs is 6. The van der Waals surface area contributed by atoms with E-state index in [2.05, 4.69) is 4.98 Å². The second kappa shape index (κ2) is 5.22. The number of aromatic amines is 1. The molecule has 3 aromatic rings. The lowest BCUT2D eigenvalue weighted by Crippen LogP contribution is -2.35. The van der Waals surface area contributed by atoms with E-state index < -0.39 is 0 Å². The summed E-state index contributed by atoms with van der Waals surface area (Å²) in [4.78, 5) is 32.4. The SMILES string of the molecule is CN(C)CCN1C(=O)c2ccc3[nH]c4cc5c(cc4c3c2C1=O)OCO5. The summed E-state index contributed by atoms with van der Waals surface area (Å²) >= 11 is 0. The van der Waals surface area contributed by atoms with Crippen LogP contribution < -0.4 is 9.47 Å². The van der Waals surface area contributed by atoms with E-state index in [9.17, 15) is 9.59 Å². The van der Waals surface area contributed by atoms with Gasteiger partial charge in [-0.15, -0.1) is 0 Å². The van der Waals surface area contributed by atoms with Crippen LogP contribution >= 0.6 is 0 Å². The molecule has 132 valence electrons. The van der Waals surface area contributed by atoms with Crippen molar-refractivity contribution in [2.45, 2.75) is 0 Å². The normalized spacial score (nSPS) is 15.7. The number of hydrogen-bond donors (Lipinski definition) is 1. The first-order valence-electron chi connectivity index (χ1n) is 8.43. The molecule has 26 heavy (non-hydrogen) atoms. The van der Waals surface area contributed by atoms with E-state index in [0.29, 0.717) is 35.7 Å². The molecule has 0 fully saturated rings. The molecule has 5 rings (SSSR count). The summed E-state index contributed by atoms with van der Waals surface area (Å²) in [6.07, 6.45) is 0. The van der Waals surface area contributed by atoms with Crippen LogP contribution in [0.4, 0.5) is 0 Å². The Bertz CT molecular complexity index is 1100. The zero-order valence-corrected chi connectivity index (χ0v) is 14.5. The van der Waals surface area contributed by atoms with Gasteiger partial charge in [0.25, 0.3) is 11.8 Å². The number of amides is 2. The van der Waals surface area contributed by atoms with Gasteiger partial charge in [-0.1, -0.05) is 0 Å². The molecule has 3 heterocycles. The number of carbonyl (C=O) groups is 2. The quantitative estimate of drug-likeness (QED) is 0.732. The van der Waals surface area contributed by atoms with E-state index in [1.54, 1.807) is 6.07 Å². The number of hydrogen-bond acceptors (Lipinski definition) is 5. The number of imide groups is 1. The molecule has 0 unspecified atom stereocenters. The summed E-state index contributed by atoms with van der Waals surface area (Å²) in [6, 6.07) is 7.32. The van der Waals surface area contributed by atoms with Crippen molar-refractivity contribution in [3.8, 4) is 11.5 Å². The summed E-state index contributed by atoms with van der Waals surface area (Å²) in [5.74, 6) is 0.854. The Morgan fingerprint density at radius 2 is 1.85 bits per heavy atom. The zero-order valence-electron chi connectivity index (χ0n) is 14.5. The van der Waals surface area contributed by atoms with Crippen molar-refractivity contribution in [2.75, 3.05) is 34.0 Å². The van der Waals surface area contributed by atoms with E-state index in [4.69, 9.17) is 9.47 Å². The van der Waals surface area contributed by atoms with Gasteiger partial charge in [-0.3, -0.25) is 14.5 Å². The molecule has 2 amide bonds. The van der Waals surface area contributed by atoms with Gasteiger partial charge in [0.2, 0.25) is 6.79 Å². The number of rotatable bonds is 3. The van der Waals surface area contributed by atoms with E-state index >= 15 is 0 Å². The van der Waals surface area contributed by atoms with Crippen LogP contribution in [0.1, 0.15) is 20.7 Å². The number of aromatic nitrogens is 1. The van der Waals surface area contributed by atoms with Crippen LogP contribution in [0, 0.1) is 0 Å². The van der Waals surface area contributed by atoms with Crippen molar-refractivity contribution in [2.24, 2.45) is 0 Å². The van der Waals surface area contributed by atoms with Crippen LogP contribution in [0.3, 0.4) is 0 Å². The third-order valence-electron chi connectivity index (χ3n) is 4.96. The lowest BCUT2D eigenvalue weighted by molar-refractivity contribution is 0.0645. The van der Waals surface area contributed by atoms with Crippen LogP contribution in [-0.4, -0.2) is 60.6 Å². The minimum absolute atomic E-state index is 0.188. The zero-order chi connectivity index (χ0) is 18.0. The molecule has 1 N–H and O–H groups in total. The standard InChI is InChI=1S/C19H17N3O4/c1-21(2)5-6-22-18(23)10-3-4-12-16(17(10)19(22)24)11-7-14-15(26-9-25-14)8-13(11)20-12/h3-4,7-8,20H,5-6,9H2,1-2H3. The summed E-state index contributed by atoms with van der Waals surface area (Å²) in [5.41, 5.74) is 2.60. The van der Waals surface area contributed by atoms with E-state index in [1.165, 1.54) is 4.90 Å². The monoisotopic (exact) mass is 351 g/mol. The number of nitrogens with zero attached hydrogens (tertiary/aromatic N) is 2. The van der Waals surface area contributed by atoms with Gasteiger partial charge in [-0.25, -0.2) is 0 Å². The predicted octanol–water partition coefficient (Wildman–Crippen LogP) is 2.21. The molecule has 2 aliphatic heterocycles. The largest absolute Gasteiger partial charge is 0.454 e. The lowest BCUT2D eigenvalue weighted by Gasteiger charge is -2.16. The third kappa shape index (κ3) is 1.97. The van der Waals surface area contributed by atoms with Crippen LogP contribution in [0.2, 0.25) is 0 Å². The molecule has 7 nitrogen and oxygen atoms in total. The van der Waals surface area contributed by atoms with Crippen molar-refractivity contribution in [1.29, 1.82) is 0 Å². The Labute approximate surface area is 149 Å². The average Bonchev–Trinajstić information content (AvgIpc) is 3.26. The maximum Gasteiger partial charge on any atom is 0.262 e. The Hall–Kier alpha value is -3.06. The number of benzene rings is 2. The first-order chi connectivity index (χ1) is 12.5. The van der Waals surface area contributed by atoms with Crippen molar-refractivity contribution >= 4 is 33.6 Å². The highest BCUT2D eigenvalue weighted by Crippen LogP contribution is 2.41. The van der Waals surface area contributed by atoms with E-state index in [1.807, 2.05) is 37.2 Å². The summed E-state index contributed by atoms with van der Waals surface area (Å²) in [6.45, 7) is 1.18. The maximum atomic E-state index is 13.0. The molecule has 1 aromatic heterocycles. The van der Waals surface area contributed by atoms with Gasteiger partial charge in [0.1, 0.15) is 0 Å². The molecule has 0 spiro atoms. The molecule has 0 radical (unpaired) electrons. The van der Waals surface area contributed by atoms with Crippen LogP contribution in [0.5, 0.6) is 11.5 Å². The molecular formula is C19H17N3O4. The number of likely N-dealkylation sites (N-methyl/N-ethyl adjacent to an activating group) is 1.